The van der Waals surface area contributed by atoms with Gasteiger partial charge in [-0.1, -0.05) is 40.2 Å². The van der Waals surface area contributed by atoms with Gasteiger partial charge in [-0.25, -0.2) is 4.39 Å². The van der Waals surface area contributed by atoms with Gasteiger partial charge in [0.2, 0.25) is 0 Å². The van der Waals surface area contributed by atoms with Crippen molar-refractivity contribution in [2.75, 3.05) is 13.2 Å². The van der Waals surface area contributed by atoms with Gasteiger partial charge in [-0.05, 0) is 42.7 Å². The Morgan fingerprint density at radius 1 is 1.27 bits per heavy atom. The number of hydrogen-bond acceptors (Lipinski definition) is 2. The maximum atomic E-state index is 13.5. The number of hydrogen-bond donors (Lipinski definition) is 1. The second-order valence-electron chi connectivity index (χ2n) is 4.89. The Balaban J connectivity index is 1.75. The van der Waals surface area contributed by atoms with E-state index in [1.165, 1.54) is 23.3 Å². The van der Waals surface area contributed by atoms with Crippen molar-refractivity contribution in [3.63, 3.8) is 0 Å². The van der Waals surface area contributed by atoms with Gasteiger partial charge >= 0.3 is 0 Å². The van der Waals surface area contributed by atoms with Crippen LogP contribution in [0.5, 0.6) is 5.75 Å². The Bertz CT molecular complexity index is 661. The van der Waals surface area contributed by atoms with Crippen molar-refractivity contribution in [3.05, 3.63) is 63.9 Å². The second kappa shape index (κ2) is 7.94. The molecule has 0 saturated carbocycles. The predicted molar refractivity (Wildman–Crippen MR) is 87.5 cm³/mol. The fraction of sp³-hybridized carbons (Fsp3) is 0.235. The maximum Gasteiger partial charge on any atom is 0.257 e. The first-order valence-electron chi connectivity index (χ1n) is 6.95. The van der Waals surface area contributed by atoms with E-state index in [-0.39, 0.29) is 18.3 Å². The van der Waals surface area contributed by atoms with Crippen LogP contribution in [0, 0.1) is 12.7 Å². The molecule has 0 unspecified atom stereocenters. The van der Waals surface area contributed by atoms with Crippen molar-refractivity contribution in [1.29, 1.82) is 0 Å². The zero-order chi connectivity index (χ0) is 15.9. The van der Waals surface area contributed by atoms with Crippen LogP contribution in [0.25, 0.3) is 0 Å². The average molecular weight is 366 g/mol. The van der Waals surface area contributed by atoms with E-state index >= 15 is 0 Å². The lowest BCUT2D eigenvalue weighted by atomic mass is 10.1. The smallest absolute Gasteiger partial charge is 0.257 e. The van der Waals surface area contributed by atoms with Crippen molar-refractivity contribution < 1.29 is 13.9 Å². The third-order valence-corrected chi connectivity index (χ3v) is 3.72. The van der Waals surface area contributed by atoms with Crippen molar-refractivity contribution in [3.8, 4) is 5.75 Å². The van der Waals surface area contributed by atoms with Gasteiger partial charge in [-0.15, -0.1) is 0 Å². The van der Waals surface area contributed by atoms with Gasteiger partial charge in [-0.2, -0.15) is 0 Å². The Morgan fingerprint density at radius 3 is 2.77 bits per heavy atom. The molecule has 0 bridgehead atoms. The summed E-state index contributed by atoms with van der Waals surface area (Å²) in [5.41, 5.74) is 2.40. The number of amides is 1. The molecule has 0 spiro atoms. The Labute approximate surface area is 137 Å². The number of nitrogens with one attached hydrogen (secondary N) is 1. The molecule has 2 rings (SSSR count). The minimum absolute atomic E-state index is 0.0669. The predicted octanol–water partition coefficient (Wildman–Crippen LogP) is 3.63. The highest BCUT2D eigenvalue weighted by atomic mass is 79.9. The average Bonchev–Trinajstić information content (AvgIpc) is 2.48. The second-order valence-corrected chi connectivity index (χ2v) is 5.81. The highest BCUT2D eigenvalue weighted by molar-refractivity contribution is 9.10. The van der Waals surface area contributed by atoms with Crippen molar-refractivity contribution >= 4 is 21.8 Å². The third kappa shape index (κ3) is 4.84. The number of carbonyl (C=O) groups excluding carboxylic acids is 1. The van der Waals surface area contributed by atoms with Crippen LogP contribution >= 0.6 is 15.9 Å². The summed E-state index contributed by atoms with van der Waals surface area (Å²) in [5, 5.41) is 2.76. The Hall–Kier alpha value is -1.88. The summed E-state index contributed by atoms with van der Waals surface area (Å²) in [5.74, 6) is -0.699. The number of benzene rings is 2. The first-order chi connectivity index (χ1) is 10.6. The topological polar surface area (TPSA) is 38.3 Å². The number of aryl methyl sites for hydroxylation is 1. The standard InChI is InChI=1S/C17H17BrFNO2/c1-12-4-2-3-5-13(12)8-9-20-17(21)11-22-16-7-6-14(18)10-15(16)19/h2-7,10H,8-9,11H2,1H3,(H,20,21). The molecular formula is C17H17BrFNO2. The van der Waals surface area contributed by atoms with Crippen LogP contribution in [0.4, 0.5) is 4.39 Å². The fourth-order valence-electron chi connectivity index (χ4n) is 2.01. The highest BCUT2D eigenvalue weighted by Gasteiger charge is 2.07. The zero-order valence-electron chi connectivity index (χ0n) is 12.2. The largest absolute Gasteiger partial charge is 0.481 e. The van der Waals surface area contributed by atoms with Crippen molar-refractivity contribution in [1.82, 2.24) is 5.32 Å². The van der Waals surface area contributed by atoms with Gasteiger partial charge in [0.15, 0.2) is 18.2 Å². The van der Waals surface area contributed by atoms with Gasteiger partial charge in [0.1, 0.15) is 0 Å². The van der Waals surface area contributed by atoms with E-state index < -0.39 is 5.82 Å². The normalized spacial score (nSPS) is 10.3. The number of ether oxygens (including phenoxy) is 1. The molecule has 0 aromatic heterocycles. The fourth-order valence-corrected chi connectivity index (χ4v) is 2.35. The molecule has 0 saturated heterocycles. The first kappa shape index (κ1) is 16.5. The first-order valence-corrected chi connectivity index (χ1v) is 7.74. The van der Waals surface area contributed by atoms with Crippen LogP contribution in [0.15, 0.2) is 46.9 Å². The van der Waals surface area contributed by atoms with Crippen LogP contribution < -0.4 is 10.1 Å². The van der Waals surface area contributed by atoms with E-state index in [1.54, 1.807) is 6.07 Å². The van der Waals surface area contributed by atoms with Crippen LogP contribution in [0.3, 0.4) is 0 Å². The molecule has 3 nitrogen and oxygen atoms in total. The summed E-state index contributed by atoms with van der Waals surface area (Å²) >= 11 is 3.16. The third-order valence-electron chi connectivity index (χ3n) is 3.23. The van der Waals surface area contributed by atoms with E-state index in [0.717, 1.165) is 6.42 Å². The number of halogens is 2. The van der Waals surface area contributed by atoms with E-state index in [1.807, 2.05) is 31.2 Å². The van der Waals surface area contributed by atoms with Crippen LogP contribution in [-0.2, 0) is 11.2 Å². The molecule has 1 amide bonds. The molecule has 0 fully saturated rings. The molecule has 22 heavy (non-hydrogen) atoms. The van der Waals surface area contributed by atoms with E-state index in [9.17, 15) is 9.18 Å². The van der Waals surface area contributed by atoms with Crippen molar-refractivity contribution in [2.24, 2.45) is 0 Å². The molecule has 0 radical (unpaired) electrons. The molecule has 0 aliphatic heterocycles. The van der Waals surface area contributed by atoms with E-state index in [4.69, 9.17) is 4.74 Å². The number of rotatable bonds is 6. The molecule has 1 N–H and O–H groups in total. The molecule has 116 valence electrons. The molecule has 0 heterocycles. The van der Waals surface area contributed by atoms with Crippen LogP contribution in [-0.4, -0.2) is 19.1 Å². The monoisotopic (exact) mass is 365 g/mol. The van der Waals surface area contributed by atoms with Crippen molar-refractivity contribution in [2.45, 2.75) is 13.3 Å². The molecule has 0 atom stereocenters. The SMILES string of the molecule is Cc1ccccc1CCNC(=O)COc1ccc(Br)cc1F. The summed E-state index contributed by atoms with van der Waals surface area (Å²) in [7, 11) is 0. The van der Waals surface area contributed by atoms with Gasteiger partial charge in [0, 0.05) is 11.0 Å². The van der Waals surface area contributed by atoms with Gasteiger partial charge in [-0.3, -0.25) is 4.79 Å². The lowest BCUT2D eigenvalue weighted by Crippen LogP contribution is -2.30. The van der Waals surface area contributed by atoms with Gasteiger partial charge < -0.3 is 10.1 Å². The van der Waals surface area contributed by atoms with Crippen LogP contribution in [0.1, 0.15) is 11.1 Å². The molecule has 2 aromatic rings. The molecule has 0 aliphatic rings. The summed E-state index contributed by atoms with van der Waals surface area (Å²) in [4.78, 5) is 11.7. The van der Waals surface area contributed by atoms with Gasteiger partial charge in [0.25, 0.3) is 5.91 Å². The van der Waals surface area contributed by atoms with E-state index in [0.29, 0.717) is 11.0 Å². The Kier molecular flexibility index (Phi) is 5.95. The molecule has 2 aromatic carbocycles. The molecule has 0 aliphatic carbocycles. The number of carbonyl (C=O) groups is 1. The van der Waals surface area contributed by atoms with Crippen LogP contribution in [0.2, 0.25) is 0 Å². The highest BCUT2D eigenvalue weighted by Crippen LogP contribution is 2.21. The zero-order valence-corrected chi connectivity index (χ0v) is 13.8. The molecular weight excluding hydrogens is 349 g/mol. The summed E-state index contributed by atoms with van der Waals surface area (Å²) in [6, 6.07) is 12.5. The minimum Gasteiger partial charge on any atom is -0.481 e. The quantitative estimate of drug-likeness (QED) is 0.848. The lowest BCUT2D eigenvalue weighted by molar-refractivity contribution is -0.123. The summed E-state index contributed by atoms with van der Waals surface area (Å²) in [6.07, 6.45) is 0.755. The molecule has 5 heteroatoms. The summed E-state index contributed by atoms with van der Waals surface area (Å²) < 4.78 is 19.3. The Morgan fingerprint density at radius 2 is 2.05 bits per heavy atom. The van der Waals surface area contributed by atoms with E-state index in [2.05, 4.69) is 21.2 Å². The van der Waals surface area contributed by atoms with Gasteiger partial charge in [0.05, 0.1) is 0 Å². The minimum atomic E-state index is -0.498. The maximum absolute atomic E-state index is 13.5. The lowest BCUT2D eigenvalue weighted by Gasteiger charge is -2.09. The summed E-state index contributed by atoms with van der Waals surface area (Å²) in [6.45, 7) is 2.36.